The van der Waals surface area contributed by atoms with Crippen LogP contribution >= 0.6 is 0 Å². The molecule has 0 spiro atoms. The Hall–Kier alpha value is -3.82. The van der Waals surface area contributed by atoms with Gasteiger partial charge < -0.3 is 10.4 Å². The maximum absolute atomic E-state index is 13.1. The van der Waals surface area contributed by atoms with Gasteiger partial charge in [0.2, 0.25) is 0 Å². The quantitative estimate of drug-likeness (QED) is 0.209. The van der Waals surface area contributed by atoms with E-state index in [9.17, 15) is 15.1 Å². The highest BCUT2D eigenvalue weighted by atomic mass is 16.2. The summed E-state index contributed by atoms with van der Waals surface area (Å²) in [5, 5.41) is 0. The molecule has 0 aliphatic rings. The van der Waals surface area contributed by atoms with Gasteiger partial charge in [0.05, 0.1) is 0 Å². The van der Waals surface area contributed by atoms with E-state index >= 15 is 0 Å². The topological polar surface area (TPSA) is 73.8 Å². The van der Waals surface area contributed by atoms with Crippen molar-refractivity contribution < 1.29 is 14.4 Å². The Balaban J connectivity index is 1.90. The number of ketones is 1. The molecular formula is C23H19N3O2. The van der Waals surface area contributed by atoms with Gasteiger partial charge in [0.1, 0.15) is 0 Å². The molecule has 5 heteroatoms. The standard InChI is InChI=1S/C23H19N3O2/c24-25-21(22(27)20-14-8-3-9-15-20)23(28)26(16-18-10-4-1-5-11-18)17-19-12-6-2-7-13-19/h1-15H,16-17H2. The highest BCUT2D eigenvalue weighted by Crippen LogP contribution is 2.12. The minimum atomic E-state index is -0.621. The lowest BCUT2D eigenvalue weighted by Gasteiger charge is -2.21. The van der Waals surface area contributed by atoms with E-state index in [0.717, 1.165) is 11.1 Å². The first-order valence-electron chi connectivity index (χ1n) is 8.88. The SMILES string of the molecule is [N-]=[N+]=C(C(=O)c1ccccc1)C(=O)N(Cc1ccccc1)Cc1ccccc1. The Morgan fingerprint density at radius 3 is 1.57 bits per heavy atom. The van der Waals surface area contributed by atoms with Crippen LogP contribution in [0.4, 0.5) is 0 Å². The van der Waals surface area contributed by atoms with E-state index in [1.165, 1.54) is 4.90 Å². The van der Waals surface area contributed by atoms with E-state index in [2.05, 4.69) is 4.79 Å². The molecule has 0 radical (unpaired) electrons. The Morgan fingerprint density at radius 1 is 0.714 bits per heavy atom. The average molecular weight is 369 g/mol. The Morgan fingerprint density at radius 2 is 1.14 bits per heavy atom. The first-order valence-corrected chi connectivity index (χ1v) is 8.88. The van der Waals surface area contributed by atoms with Crippen molar-refractivity contribution in [1.29, 1.82) is 0 Å². The van der Waals surface area contributed by atoms with Gasteiger partial charge in [-0.05, 0) is 11.1 Å². The smallest absolute Gasteiger partial charge is 0.360 e. The molecule has 28 heavy (non-hydrogen) atoms. The molecule has 0 N–H and O–H groups in total. The molecule has 0 atom stereocenters. The zero-order valence-electron chi connectivity index (χ0n) is 15.2. The molecular weight excluding hydrogens is 350 g/mol. The summed E-state index contributed by atoms with van der Waals surface area (Å²) in [7, 11) is 0. The molecule has 0 heterocycles. The van der Waals surface area contributed by atoms with Crippen molar-refractivity contribution >= 4 is 17.4 Å². The molecule has 0 aromatic heterocycles. The lowest BCUT2D eigenvalue weighted by atomic mass is 10.1. The van der Waals surface area contributed by atoms with Crippen molar-refractivity contribution in [2.45, 2.75) is 13.1 Å². The third-order valence-corrected chi connectivity index (χ3v) is 4.27. The van der Waals surface area contributed by atoms with Crippen LogP contribution in [0.2, 0.25) is 0 Å². The summed E-state index contributed by atoms with van der Waals surface area (Å²) in [4.78, 5) is 30.3. The van der Waals surface area contributed by atoms with Crippen LogP contribution in [0.5, 0.6) is 0 Å². The van der Waals surface area contributed by atoms with Gasteiger partial charge >= 0.3 is 11.6 Å². The summed E-state index contributed by atoms with van der Waals surface area (Å²) in [6, 6.07) is 27.3. The monoisotopic (exact) mass is 369 g/mol. The minimum absolute atomic E-state index is 0.287. The van der Waals surface area contributed by atoms with Gasteiger partial charge in [-0.2, -0.15) is 4.79 Å². The highest BCUT2D eigenvalue weighted by Gasteiger charge is 2.34. The van der Waals surface area contributed by atoms with Crippen LogP contribution in [0.3, 0.4) is 0 Å². The lowest BCUT2D eigenvalue weighted by molar-refractivity contribution is -0.129. The minimum Gasteiger partial charge on any atom is -0.360 e. The Kier molecular flexibility index (Phi) is 6.24. The van der Waals surface area contributed by atoms with Crippen molar-refractivity contribution in [2.24, 2.45) is 0 Å². The van der Waals surface area contributed by atoms with Crippen molar-refractivity contribution in [3.63, 3.8) is 0 Å². The third-order valence-electron chi connectivity index (χ3n) is 4.27. The van der Waals surface area contributed by atoms with Gasteiger partial charge in [-0.15, -0.1) is 0 Å². The van der Waals surface area contributed by atoms with Crippen LogP contribution in [-0.4, -0.2) is 27.1 Å². The summed E-state index contributed by atoms with van der Waals surface area (Å²) < 4.78 is 0. The summed E-state index contributed by atoms with van der Waals surface area (Å²) in [6.45, 7) is 0.575. The van der Waals surface area contributed by atoms with E-state index in [4.69, 9.17) is 0 Å². The predicted molar refractivity (Wildman–Crippen MR) is 107 cm³/mol. The van der Waals surface area contributed by atoms with Crippen LogP contribution in [-0.2, 0) is 17.9 Å². The third kappa shape index (κ3) is 4.67. The number of Topliss-reactive ketones (excluding diaryl/α,β-unsaturated/α-hetero) is 1. The molecule has 0 fully saturated rings. The van der Waals surface area contributed by atoms with Gasteiger partial charge in [-0.1, -0.05) is 91.0 Å². The number of carbonyl (C=O) groups is 2. The van der Waals surface area contributed by atoms with Gasteiger partial charge in [0, 0.05) is 18.7 Å². The second kappa shape index (κ2) is 9.21. The average Bonchev–Trinajstić information content (AvgIpc) is 2.75. The first kappa shape index (κ1) is 19.0. The Bertz CT molecular complexity index is 954. The molecule has 3 rings (SSSR count). The zero-order chi connectivity index (χ0) is 19.8. The molecule has 0 saturated carbocycles. The normalized spacial score (nSPS) is 10.0. The molecule has 5 nitrogen and oxygen atoms in total. The number of amides is 1. The predicted octanol–water partition coefficient (Wildman–Crippen LogP) is 3.77. The maximum Gasteiger partial charge on any atom is 0.426 e. The zero-order valence-corrected chi connectivity index (χ0v) is 15.2. The largest absolute Gasteiger partial charge is 0.426 e. The molecule has 3 aromatic carbocycles. The number of hydrogen-bond acceptors (Lipinski definition) is 2. The summed E-state index contributed by atoms with van der Waals surface area (Å²) >= 11 is 0. The molecule has 0 aliphatic carbocycles. The van der Waals surface area contributed by atoms with Gasteiger partial charge in [0.15, 0.2) is 0 Å². The Labute approximate surface area is 163 Å². The number of carbonyl (C=O) groups excluding carboxylic acids is 2. The molecule has 138 valence electrons. The molecule has 0 unspecified atom stereocenters. The number of benzene rings is 3. The number of nitrogens with zero attached hydrogens (tertiary/aromatic N) is 3. The van der Waals surface area contributed by atoms with Crippen LogP contribution < -0.4 is 0 Å². The van der Waals surface area contributed by atoms with Crippen LogP contribution in [0, 0.1) is 0 Å². The van der Waals surface area contributed by atoms with Gasteiger partial charge in [0.25, 0.3) is 5.78 Å². The molecule has 0 aliphatic heterocycles. The molecule has 3 aromatic rings. The van der Waals surface area contributed by atoms with Crippen LogP contribution in [0.1, 0.15) is 21.5 Å². The first-order chi connectivity index (χ1) is 13.7. The fourth-order valence-electron chi connectivity index (χ4n) is 2.87. The second-order valence-electron chi connectivity index (χ2n) is 6.28. The van der Waals surface area contributed by atoms with E-state index in [1.54, 1.807) is 30.3 Å². The number of rotatable bonds is 7. The van der Waals surface area contributed by atoms with Gasteiger partial charge in [-0.3, -0.25) is 9.59 Å². The summed E-state index contributed by atoms with van der Waals surface area (Å²) in [6.07, 6.45) is 0. The van der Waals surface area contributed by atoms with E-state index in [0.29, 0.717) is 5.56 Å². The molecule has 0 bridgehead atoms. The number of hydrogen-bond donors (Lipinski definition) is 0. The van der Waals surface area contributed by atoms with Gasteiger partial charge in [-0.25, -0.2) is 0 Å². The van der Waals surface area contributed by atoms with E-state index in [-0.39, 0.29) is 13.1 Å². The van der Waals surface area contributed by atoms with Crippen LogP contribution in [0.15, 0.2) is 91.0 Å². The fraction of sp³-hybridized carbons (Fsp3) is 0.0870. The van der Waals surface area contributed by atoms with Crippen LogP contribution in [0.25, 0.3) is 5.53 Å². The van der Waals surface area contributed by atoms with E-state index in [1.807, 2.05) is 60.7 Å². The highest BCUT2D eigenvalue weighted by molar-refractivity contribution is 6.66. The second-order valence-corrected chi connectivity index (χ2v) is 6.28. The van der Waals surface area contributed by atoms with Crippen molar-refractivity contribution in [1.82, 2.24) is 4.90 Å². The lowest BCUT2D eigenvalue weighted by Crippen LogP contribution is -2.40. The van der Waals surface area contributed by atoms with Crippen molar-refractivity contribution in [3.05, 3.63) is 113 Å². The summed E-state index contributed by atoms with van der Waals surface area (Å²) in [5.74, 6) is -1.23. The van der Waals surface area contributed by atoms with E-state index < -0.39 is 17.4 Å². The fourth-order valence-corrected chi connectivity index (χ4v) is 2.87. The molecule has 1 amide bonds. The summed E-state index contributed by atoms with van der Waals surface area (Å²) in [5.41, 5.74) is 11.0. The van der Waals surface area contributed by atoms with Crippen molar-refractivity contribution in [2.75, 3.05) is 0 Å². The molecule has 0 saturated heterocycles. The van der Waals surface area contributed by atoms with Crippen molar-refractivity contribution in [3.8, 4) is 0 Å². The maximum atomic E-state index is 13.1.